The van der Waals surface area contributed by atoms with Gasteiger partial charge >= 0.3 is 5.97 Å². The number of carboxylic acids is 1. The van der Waals surface area contributed by atoms with Gasteiger partial charge in [-0.15, -0.1) is 0 Å². The highest BCUT2D eigenvalue weighted by Gasteiger charge is 2.25. The number of methoxy groups -OCH3 is 1. The predicted octanol–water partition coefficient (Wildman–Crippen LogP) is 7.13. The molecule has 0 bridgehead atoms. The van der Waals surface area contributed by atoms with Crippen molar-refractivity contribution in [3.63, 3.8) is 0 Å². The monoisotopic (exact) mass is 464 g/mol. The van der Waals surface area contributed by atoms with Crippen molar-refractivity contribution >= 4 is 5.97 Å². The lowest BCUT2D eigenvalue weighted by molar-refractivity contribution is -0.138. The first kappa shape index (κ1) is 25.3. The third-order valence-electron chi connectivity index (χ3n) is 5.97. The minimum absolute atomic E-state index is 0.0354. The zero-order valence-electron chi connectivity index (χ0n) is 20.7. The molecule has 0 aliphatic carbocycles. The molecule has 0 aromatic heterocycles. The van der Waals surface area contributed by atoms with Gasteiger partial charge in [-0.05, 0) is 58.0 Å². The van der Waals surface area contributed by atoms with Crippen molar-refractivity contribution in [3.05, 3.63) is 83.2 Å². The minimum atomic E-state index is -0.835. The van der Waals surface area contributed by atoms with E-state index in [-0.39, 0.29) is 17.7 Å². The highest BCUT2D eigenvalue weighted by Crippen LogP contribution is 2.37. The van der Waals surface area contributed by atoms with Crippen molar-refractivity contribution in [2.75, 3.05) is 7.11 Å². The van der Waals surface area contributed by atoms with Crippen LogP contribution < -0.4 is 9.47 Å². The van der Waals surface area contributed by atoms with Crippen LogP contribution in [0.15, 0.2) is 60.7 Å². The van der Waals surface area contributed by atoms with Crippen LogP contribution in [0.25, 0.3) is 11.1 Å². The highest BCUT2D eigenvalue weighted by molar-refractivity contribution is 5.71. The Balaban J connectivity index is 1.89. The van der Waals surface area contributed by atoms with Gasteiger partial charge in [0.15, 0.2) is 0 Å². The molecule has 1 N–H and O–H groups in total. The molecular formula is C29H33FO4. The molecule has 5 heteroatoms. The van der Waals surface area contributed by atoms with Crippen molar-refractivity contribution in [2.24, 2.45) is 0 Å². The van der Waals surface area contributed by atoms with Crippen LogP contribution in [0.5, 0.6) is 11.5 Å². The lowest BCUT2D eigenvalue weighted by Gasteiger charge is -2.25. The van der Waals surface area contributed by atoms with E-state index in [0.717, 1.165) is 22.3 Å². The van der Waals surface area contributed by atoms with E-state index >= 15 is 0 Å². The van der Waals surface area contributed by atoms with Gasteiger partial charge in [-0.3, -0.25) is 4.79 Å². The standard InChI is InChI=1S/C29H33FO4/c1-28(2,3)25-14-19(10-12-23(25)24-16-21(33-6)11-13-26(24)30)18-34-22-9-7-8-20(15-22)29(4,5)17-27(31)32/h7-16H,17-18H2,1-6H3,(H,31,32). The van der Waals surface area contributed by atoms with Crippen molar-refractivity contribution in [1.29, 1.82) is 0 Å². The lowest BCUT2D eigenvalue weighted by atomic mass is 9.81. The van der Waals surface area contributed by atoms with E-state index in [1.165, 1.54) is 6.07 Å². The predicted molar refractivity (Wildman–Crippen MR) is 133 cm³/mol. The molecule has 3 aromatic carbocycles. The number of halogens is 1. The zero-order chi connectivity index (χ0) is 25.1. The van der Waals surface area contributed by atoms with E-state index in [1.54, 1.807) is 19.2 Å². The minimum Gasteiger partial charge on any atom is -0.497 e. The number of hydrogen-bond donors (Lipinski definition) is 1. The average Bonchev–Trinajstić information content (AvgIpc) is 2.77. The van der Waals surface area contributed by atoms with Crippen molar-refractivity contribution in [3.8, 4) is 22.6 Å². The van der Waals surface area contributed by atoms with E-state index in [9.17, 15) is 14.3 Å². The van der Waals surface area contributed by atoms with Crippen LogP contribution in [-0.2, 0) is 22.2 Å². The largest absolute Gasteiger partial charge is 0.497 e. The van der Waals surface area contributed by atoms with Gasteiger partial charge in [0.2, 0.25) is 0 Å². The van der Waals surface area contributed by atoms with Gasteiger partial charge in [0.1, 0.15) is 23.9 Å². The summed E-state index contributed by atoms with van der Waals surface area (Å²) in [5.74, 6) is 0.153. The number of aliphatic carboxylic acids is 1. The summed E-state index contributed by atoms with van der Waals surface area (Å²) in [5, 5.41) is 9.21. The maximum Gasteiger partial charge on any atom is 0.304 e. The Morgan fingerprint density at radius 2 is 1.65 bits per heavy atom. The van der Waals surface area contributed by atoms with Gasteiger partial charge in [-0.25, -0.2) is 4.39 Å². The quantitative estimate of drug-likeness (QED) is 0.385. The summed E-state index contributed by atoms with van der Waals surface area (Å²) in [7, 11) is 1.57. The number of carboxylic acid groups (broad SMARTS) is 1. The van der Waals surface area contributed by atoms with Crippen molar-refractivity contribution in [1.82, 2.24) is 0 Å². The van der Waals surface area contributed by atoms with Crippen LogP contribution in [0.4, 0.5) is 4.39 Å². The molecule has 0 fully saturated rings. The number of carbonyl (C=O) groups is 1. The molecule has 3 aromatic rings. The summed E-state index contributed by atoms with van der Waals surface area (Å²) in [6.45, 7) is 10.5. The van der Waals surface area contributed by atoms with Gasteiger partial charge in [0, 0.05) is 11.0 Å². The Bertz CT molecular complexity index is 1170. The molecule has 0 aliphatic rings. The third kappa shape index (κ3) is 5.96. The molecule has 0 spiro atoms. The summed E-state index contributed by atoms with van der Waals surface area (Å²) in [6, 6.07) is 18.3. The number of benzene rings is 3. The molecular weight excluding hydrogens is 431 g/mol. The second kappa shape index (κ2) is 9.88. The van der Waals surface area contributed by atoms with Crippen LogP contribution in [0.1, 0.15) is 57.7 Å². The fourth-order valence-electron chi connectivity index (χ4n) is 4.03. The second-order valence-electron chi connectivity index (χ2n) is 10.2. The van der Waals surface area contributed by atoms with E-state index in [2.05, 4.69) is 26.8 Å². The summed E-state index contributed by atoms with van der Waals surface area (Å²) in [4.78, 5) is 11.2. The van der Waals surface area contributed by atoms with Gasteiger partial charge in [0.05, 0.1) is 13.5 Å². The molecule has 4 nitrogen and oxygen atoms in total. The average molecular weight is 465 g/mol. The Hall–Kier alpha value is -3.34. The Kier molecular flexibility index (Phi) is 7.35. The zero-order valence-corrected chi connectivity index (χ0v) is 20.7. The Labute approximate surface area is 201 Å². The van der Waals surface area contributed by atoms with Crippen LogP contribution in [0.2, 0.25) is 0 Å². The molecule has 180 valence electrons. The molecule has 0 saturated carbocycles. The molecule has 0 unspecified atom stereocenters. The number of hydrogen-bond acceptors (Lipinski definition) is 3. The topological polar surface area (TPSA) is 55.8 Å². The fourth-order valence-corrected chi connectivity index (χ4v) is 4.03. The smallest absolute Gasteiger partial charge is 0.304 e. The van der Waals surface area contributed by atoms with Crippen LogP contribution in [0.3, 0.4) is 0 Å². The van der Waals surface area contributed by atoms with Gasteiger partial charge in [-0.2, -0.15) is 0 Å². The summed E-state index contributed by atoms with van der Waals surface area (Å²) >= 11 is 0. The van der Waals surface area contributed by atoms with E-state index in [0.29, 0.717) is 23.7 Å². The molecule has 0 amide bonds. The summed E-state index contributed by atoms with van der Waals surface area (Å²) in [6.07, 6.45) is 0.0354. The van der Waals surface area contributed by atoms with Crippen molar-refractivity contribution < 1.29 is 23.8 Å². The second-order valence-corrected chi connectivity index (χ2v) is 10.2. The maximum absolute atomic E-state index is 14.7. The van der Waals surface area contributed by atoms with Gasteiger partial charge in [0.25, 0.3) is 0 Å². The van der Waals surface area contributed by atoms with E-state index in [1.807, 2.05) is 50.2 Å². The first-order valence-electron chi connectivity index (χ1n) is 11.3. The molecule has 0 aliphatic heterocycles. The van der Waals surface area contributed by atoms with Crippen LogP contribution >= 0.6 is 0 Å². The molecule has 0 atom stereocenters. The normalized spacial score (nSPS) is 11.9. The van der Waals surface area contributed by atoms with Gasteiger partial charge < -0.3 is 14.6 Å². The number of rotatable bonds is 8. The van der Waals surface area contributed by atoms with Crippen LogP contribution in [-0.4, -0.2) is 18.2 Å². The summed E-state index contributed by atoms with van der Waals surface area (Å²) in [5.41, 5.74) is 3.49. The fraction of sp³-hybridized carbons (Fsp3) is 0.345. The first-order valence-corrected chi connectivity index (χ1v) is 11.3. The Morgan fingerprint density at radius 3 is 2.29 bits per heavy atom. The molecule has 0 radical (unpaired) electrons. The molecule has 34 heavy (non-hydrogen) atoms. The van der Waals surface area contributed by atoms with Gasteiger partial charge in [-0.1, -0.05) is 65.0 Å². The summed E-state index contributed by atoms with van der Waals surface area (Å²) < 4.78 is 26.1. The first-order chi connectivity index (χ1) is 15.9. The van der Waals surface area contributed by atoms with Crippen LogP contribution in [0, 0.1) is 5.82 Å². The maximum atomic E-state index is 14.7. The lowest BCUT2D eigenvalue weighted by Crippen LogP contribution is -2.21. The highest BCUT2D eigenvalue weighted by atomic mass is 19.1. The SMILES string of the molecule is COc1ccc(F)c(-c2ccc(COc3cccc(C(C)(C)CC(=O)O)c3)cc2C(C)(C)C)c1. The Morgan fingerprint density at radius 1 is 0.912 bits per heavy atom. The number of ether oxygens (including phenoxy) is 2. The molecule has 0 saturated heterocycles. The molecule has 3 rings (SSSR count). The third-order valence-corrected chi connectivity index (χ3v) is 5.97. The van der Waals surface area contributed by atoms with E-state index in [4.69, 9.17) is 9.47 Å². The molecule has 0 heterocycles. The van der Waals surface area contributed by atoms with E-state index < -0.39 is 11.4 Å². The van der Waals surface area contributed by atoms with Crippen molar-refractivity contribution in [2.45, 2.75) is 58.5 Å².